The molecule has 0 atom stereocenters. The van der Waals surface area contributed by atoms with Crippen molar-refractivity contribution in [3.05, 3.63) is 83.2 Å². The molecule has 0 saturated carbocycles. The molecule has 168 valence electrons. The van der Waals surface area contributed by atoms with E-state index in [0.29, 0.717) is 11.4 Å². The van der Waals surface area contributed by atoms with Gasteiger partial charge in [-0.05, 0) is 61.7 Å². The summed E-state index contributed by atoms with van der Waals surface area (Å²) in [5.41, 5.74) is 4.37. The fourth-order valence-electron chi connectivity index (χ4n) is 3.53. The van der Waals surface area contributed by atoms with E-state index in [1.54, 1.807) is 37.4 Å². The Balaban J connectivity index is 1.89. The standard InChI is InChI=1S/C24H27N3O4S/c1-17-12-18(2)24(19(3)13-17)26-23(28)16-27(15-20-7-9-21(31-4)10-8-20)32(29,30)22-6-5-11-25-14-22/h5-14H,15-16H2,1-4H3,(H,26,28). The van der Waals surface area contributed by atoms with Crippen molar-refractivity contribution < 1.29 is 17.9 Å². The number of carbonyl (C=O) groups excluding carboxylic acids is 1. The Kier molecular flexibility index (Phi) is 7.27. The first-order valence-corrected chi connectivity index (χ1v) is 11.6. The fraction of sp³-hybridized carbons (Fsp3) is 0.250. The van der Waals surface area contributed by atoms with E-state index in [1.807, 2.05) is 32.9 Å². The topological polar surface area (TPSA) is 88.6 Å². The Labute approximate surface area is 189 Å². The minimum Gasteiger partial charge on any atom is -0.497 e. The quantitative estimate of drug-likeness (QED) is 0.560. The zero-order valence-electron chi connectivity index (χ0n) is 18.6. The van der Waals surface area contributed by atoms with Gasteiger partial charge in [0.25, 0.3) is 0 Å². The first-order valence-electron chi connectivity index (χ1n) is 10.1. The molecular formula is C24H27N3O4S. The number of hydrogen-bond donors (Lipinski definition) is 1. The molecule has 0 radical (unpaired) electrons. The molecule has 1 aromatic heterocycles. The van der Waals surface area contributed by atoms with Crippen LogP contribution in [0.15, 0.2) is 65.8 Å². The molecule has 1 N–H and O–H groups in total. The molecule has 0 aliphatic rings. The summed E-state index contributed by atoms with van der Waals surface area (Å²) in [7, 11) is -2.39. The van der Waals surface area contributed by atoms with Gasteiger partial charge in [0.1, 0.15) is 10.6 Å². The highest BCUT2D eigenvalue weighted by atomic mass is 32.2. The molecule has 0 aliphatic carbocycles. The second kappa shape index (κ2) is 9.93. The van der Waals surface area contributed by atoms with Crippen LogP contribution in [0.25, 0.3) is 0 Å². The molecule has 8 heteroatoms. The van der Waals surface area contributed by atoms with E-state index in [0.717, 1.165) is 26.6 Å². The number of anilines is 1. The number of pyridine rings is 1. The van der Waals surface area contributed by atoms with E-state index in [-0.39, 0.29) is 18.0 Å². The third-order valence-corrected chi connectivity index (χ3v) is 6.83. The van der Waals surface area contributed by atoms with Crippen molar-refractivity contribution >= 4 is 21.6 Å². The van der Waals surface area contributed by atoms with Crippen molar-refractivity contribution in [2.24, 2.45) is 0 Å². The summed E-state index contributed by atoms with van der Waals surface area (Å²) in [6, 6.07) is 14.0. The molecule has 0 saturated heterocycles. The SMILES string of the molecule is COc1ccc(CN(CC(=O)Nc2c(C)cc(C)cc2C)S(=O)(=O)c2cccnc2)cc1. The fourth-order valence-corrected chi connectivity index (χ4v) is 4.87. The van der Waals surface area contributed by atoms with E-state index < -0.39 is 15.9 Å². The first-order chi connectivity index (χ1) is 15.2. The number of carbonyl (C=O) groups is 1. The Bertz CT molecular complexity index is 1170. The normalized spacial score (nSPS) is 11.4. The van der Waals surface area contributed by atoms with Crippen LogP contribution in [0.1, 0.15) is 22.3 Å². The average Bonchev–Trinajstić information content (AvgIpc) is 2.77. The zero-order valence-corrected chi connectivity index (χ0v) is 19.4. The summed E-state index contributed by atoms with van der Waals surface area (Å²) in [6.45, 7) is 5.51. The smallest absolute Gasteiger partial charge is 0.245 e. The Hall–Kier alpha value is -3.23. The molecule has 32 heavy (non-hydrogen) atoms. The van der Waals surface area contributed by atoms with Crippen LogP contribution in [0.4, 0.5) is 5.69 Å². The van der Waals surface area contributed by atoms with Gasteiger partial charge in [-0.3, -0.25) is 9.78 Å². The Morgan fingerprint density at radius 3 is 2.28 bits per heavy atom. The van der Waals surface area contributed by atoms with E-state index in [2.05, 4.69) is 10.3 Å². The number of amides is 1. The minimum absolute atomic E-state index is 0.0283. The van der Waals surface area contributed by atoms with Crippen molar-refractivity contribution in [1.82, 2.24) is 9.29 Å². The van der Waals surface area contributed by atoms with E-state index >= 15 is 0 Å². The van der Waals surface area contributed by atoms with Gasteiger partial charge in [0, 0.05) is 24.6 Å². The van der Waals surface area contributed by atoms with Gasteiger partial charge in [-0.1, -0.05) is 29.8 Å². The Morgan fingerprint density at radius 2 is 1.72 bits per heavy atom. The average molecular weight is 454 g/mol. The van der Waals surface area contributed by atoms with Gasteiger partial charge in [-0.15, -0.1) is 0 Å². The molecule has 2 aromatic carbocycles. The molecule has 0 unspecified atom stereocenters. The molecule has 0 bridgehead atoms. The molecule has 1 heterocycles. The van der Waals surface area contributed by atoms with Crippen molar-refractivity contribution in [1.29, 1.82) is 0 Å². The highest BCUT2D eigenvalue weighted by Gasteiger charge is 2.27. The number of ether oxygens (including phenoxy) is 1. The van der Waals surface area contributed by atoms with Crippen LogP contribution < -0.4 is 10.1 Å². The maximum absolute atomic E-state index is 13.3. The minimum atomic E-state index is -3.95. The first kappa shape index (κ1) is 23.4. The number of aromatic nitrogens is 1. The van der Waals surface area contributed by atoms with Crippen LogP contribution in [0.5, 0.6) is 5.75 Å². The second-order valence-electron chi connectivity index (χ2n) is 7.63. The van der Waals surface area contributed by atoms with Crippen LogP contribution in [0, 0.1) is 20.8 Å². The van der Waals surface area contributed by atoms with Crippen molar-refractivity contribution in [3.8, 4) is 5.75 Å². The zero-order chi connectivity index (χ0) is 23.3. The van der Waals surface area contributed by atoms with E-state index in [1.165, 1.54) is 18.5 Å². The number of methoxy groups -OCH3 is 1. The number of benzene rings is 2. The maximum Gasteiger partial charge on any atom is 0.245 e. The van der Waals surface area contributed by atoms with Crippen molar-refractivity contribution in [2.45, 2.75) is 32.2 Å². The van der Waals surface area contributed by atoms with Crippen LogP contribution in [0.3, 0.4) is 0 Å². The van der Waals surface area contributed by atoms with Crippen LogP contribution in [-0.2, 0) is 21.4 Å². The summed E-state index contributed by atoms with van der Waals surface area (Å²) in [6.07, 6.45) is 2.78. The highest BCUT2D eigenvalue weighted by molar-refractivity contribution is 7.89. The summed E-state index contributed by atoms with van der Waals surface area (Å²) < 4.78 is 32.9. The summed E-state index contributed by atoms with van der Waals surface area (Å²) in [4.78, 5) is 16.9. The van der Waals surface area contributed by atoms with Gasteiger partial charge >= 0.3 is 0 Å². The van der Waals surface area contributed by atoms with Gasteiger partial charge in [0.05, 0.1) is 13.7 Å². The second-order valence-corrected chi connectivity index (χ2v) is 9.57. The number of aryl methyl sites for hydroxylation is 3. The summed E-state index contributed by atoms with van der Waals surface area (Å²) in [5.74, 6) is 0.250. The third kappa shape index (κ3) is 5.52. The summed E-state index contributed by atoms with van der Waals surface area (Å²) in [5, 5.41) is 2.88. The number of sulfonamides is 1. The molecule has 3 aromatic rings. The van der Waals surface area contributed by atoms with Gasteiger partial charge in [0.2, 0.25) is 15.9 Å². The van der Waals surface area contributed by atoms with E-state index in [9.17, 15) is 13.2 Å². The van der Waals surface area contributed by atoms with Crippen LogP contribution in [-0.4, -0.2) is 37.3 Å². The van der Waals surface area contributed by atoms with Gasteiger partial charge in [-0.2, -0.15) is 4.31 Å². The van der Waals surface area contributed by atoms with E-state index in [4.69, 9.17) is 4.74 Å². The number of nitrogens with one attached hydrogen (secondary N) is 1. The van der Waals surface area contributed by atoms with Gasteiger partial charge in [0.15, 0.2) is 0 Å². The molecule has 0 fully saturated rings. The molecule has 1 amide bonds. The molecular weight excluding hydrogens is 426 g/mol. The number of rotatable bonds is 8. The van der Waals surface area contributed by atoms with Crippen molar-refractivity contribution in [3.63, 3.8) is 0 Å². The monoisotopic (exact) mass is 453 g/mol. The summed E-state index contributed by atoms with van der Waals surface area (Å²) >= 11 is 0. The molecule has 0 aliphatic heterocycles. The predicted octanol–water partition coefficient (Wildman–Crippen LogP) is 3.85. The van der Waals surface area contributed by atoms with Crippen LogP contribution >= 0.6 is 0 Å². The lowest BCUT2D eigenvalue weighted by Crippen LogP contribution is -2.37. The van der Waals surface area contributed by atoms with Crippen molar-refractivity contribution in [2.75, 3.05) is 19.0 Å². The predicted molar refractivity (Wildman–Crippen MR) is 124 cm³/mol. The molecule has 3 rings (SSSR count). The van der Waals surface area contributed by atoms with Gasteiger partial charge < -0.3 is 10.1 Å². The van der Waals surface area contributed by atoms with Crippen LogP contribution in [0.2, 0.25) is 0 Å². The Morgan fingerprint density at radius 1 is 1.06 bits per heavy atom. The maximum atomic E-state index is 13.3. The lowest BCUT2D eigenvalue weighted by molar-refractivity contribution is -0.116. The number of nitrogens with zero attached hydrogens (tertiary/aromatic N) is 2. The lowest BCUT2D eigenvalue weighted by atomic mass is 10.1. The highest BCUT2D eigenvalue weighted by Crippen LogP contribution is 2.23. The number of hydrogen-bond acceptors (Lipinski definition) is 5. The van der Waals surface area contributed by atoms with Gasteiger partial charge in [-0.25, -0.2) is 8.42 Å². The third-order valence-electron chi connectivity index (χ3n) is 5.05. The lowest BCUT2D eigenvalue weighted by Gasteiger charge is -2.22. The molecule has 0 spiro atoms. The largest absolute Gasteiger partial charge is 0.497 e. The molecule has 7 nitrogen and oxygen atoms in total.